The van der Waals surface area contributed by atoms with Crippen LogP contribution < -0.4 is 9.64 Å². The molecule has 0 saturated carbocycles. The molecular weight excluding hydrogens is 733 g/mol. The molecule has 0 radical (unpaired) electrons. The Balaban J connectivity index is 0.00000427. The normalized spacial score (nSPS) is 14.1. The number of para-hydroxylation sites is 2. The number of hydrogen-bond donors (Lipinski definition) is 0. The first-order valence-corrected chi connectivity index (χ1v) is 17.0. The fraction of sp³-hybridized carbons (Fsp3) is 0.111. The zero-order chi connectivity index (χ0) is 37.2. The molecule has 52 heavy (non-hydrogen) atoms. The zero-order valence-corrected chi connectivity index (χ0v) is 30.4. The van der Waals surface area contributed by atoms with E-state index < -0.39 is 6.98 Å². The zero-order valence-electron chi connectivity index (χ0n) is 31.8. The number of anilines is 1. The minimum atomic E-state index is -2.28. The first-order valence-electron chi connectivity index (χ1n) is 18.5. The van der Waals surface area contributed by atoms with Gasteiger partial charge in [0.05, 0.1) is 11.0 Å². The smallest absolute Gasteiger partial charge is 0.136 e. The van der Waals surface area contributed by atoms with Gasteiger partial charge >= 0.3 is 0 Å². The van der Waals surface area contributed by atoms with Crippen LogP contribution in [0.2, 0.25) is 0 Å². The molecule has 3 aromatic heterocycles. The van der Waals surface area contributed by atoms with Crippen LogP contribution in [0.1, 0.15) is 30.4 Å². The van der Waals surface area contributed by atoms with E-state index >= 15 is 0 Å². The van der Waals surface area contributed by atoms with E-state index in [0.717, 1.165) is 55.5 Å². The van der Waals surface area contributed by atoms with Gasteiger partial charge < -0.3 is 23.7 Å². The maximum absolute atomic E-state index is 7.75. The third-order valence-electron chi connectivity index (χ3n) is 9.36. The Bertz CT molecular complexity index is 2710. The molecule has 1 aliphatic heterocycles. The summed E-state index contributed by atoms with van der Waals surface area (Å²) in [6, 6.07) is 48.1. The third kappa shape index (κ3) is 5.77. The second-order valence-electron chi connectivity index (χ2n) is 13.7. The van der Waals surface area contributed by atoms with Crippen LogP contribution in [-0.4, -0.2) is 26.0 Å². The van der Waals surface area contributed by atoms with Gasteiger partial charge in [0.1, 0.15) is 5.82 Å². The van der Waals surface area contributed by atoms with Gasteiger partial charge in [-0.3, -0.25) is 0 Å². The maximum Gasteiger partial charge on any atom is 0.136 e. The average molecular weight is 772 g/mol. The van der Waals surface area contributed by atoms with E-state index in [-0.39, 0.29) is 25.8 Å². The maximum atomic E-state index is 7.75. The van der Waals surface area contributed by atoms with Crippen LogP contribution in [0.5, 0.6) is 11.5 Å². The van der Waals surface area contributed by atoms with Crippen LogP contribution in [0.4, 0.5) is 5.69 Å². The molecule has 0 bridgehead atoms. The standard InChI is InChI=1S/C45H36N5O.Pd/c1-45(2,3)39-28-42(46-29-38(39)31-14-7-5-8-15-31)50-41-27-35(51-34-19-13-18-33(26-34)48-25-24-47(4)30-48)22-23-37(41)43-44(50)36-20-11-12-21-40(36)49(43)32-16-9-6-10-17-32;/h5-25,28-30H,1-4H3;/q-3;/i4D3;. The molecule has 0 saturated heterocycles. The van der Waals surface area contributed by atoms with E-state index in [1.807, 2.05) is 42.6 Å². The molecule has 0 fully saturated rings. The first-order chi connectivity index (χ1) is 26.0. The third-order valence-corrected chi connectivity index (χ3v) is 9.36. The molecule has 260 valence electrons. The van der Waals surface area contributed by atoms with Gasteiger partial charge in [0, 0.05) is 64.4 Å². The molecule has 7 heteroatoms. The van der Waals surface area contributed by atoms with Gasteiger partial charge in [0.25, 0.3) is 0 Å². The Morgan fingerprint density at radius 3 is 2.23 bits per heavy atom. The molecule has 0 atom stereocenters. The van der Waals surface area contributed by atoms with Crippen molar-refractivity contribution < 1.29 is 29.3 Å². The van der Waals surface area contributed by atoms with Crippen molar-refractivity contribution in [2.45, 2.75) is 26.2 Å². The van der Waals surface area contributed by atoms with Crippen molar-refractivity contribution >= 4 is 38.5 Å². The summed E-state index contributed by atoms with van der Waals surface area (Å²) in [6.45, 7) is 5.96. The van der Waals surface area contributed by atoms with Crippen molar-refractivity contribution in [3.63, 3.8) is 0 Å². The molecule has 0 spiro atoms. The van der Waals surface area contributed by atoms with E-state index in [1.165, 1.54) is 23.3 Å². The fourth-order valence-corrected chi connectivity index (χ4v) is 7.07. The van der Waals surface area contributed by atoms with Crippen LogP contribution in [0.15, 0.2) is 140 Å². The minimum absolute atomic E-state index is 0. The van der Waals surface area contributed by atoms with Gasteiger partial charge in [-0.25, -0.2) is 4.98 Å². The number of aromatic nitrogens is 3. The van der Waals surface area contributed by atoms with Crippen molar-refractivity contribution in [3.05, 3.63) is 164 Å². The molecule has 0 aliphatic carbocycles. The molecule has 9 rings (SSSR count). The van der Waals surface area contributed by atoms with E-state index in [1.54, 1.807) is 11.1 Å². The van der Waals surface area contributed by atoms with E-state index in [2.05, 4.69) is 127 Å². The number of fused-ring (bicyclic) bond motifs is 5. The molecular formula is C45H36N5OPd-3. The Morgan fingerprint density at radius 1 is 0.731 bits per heavy atom. The quantitative estimate of drug-likeness (QED) is 0.125. The summed E-state index contributed by atoms with van der Waals surface area (Å²) >= 11 is 0. The first kappa shape index (κ1) is 30.1. The Hall–Kier alpha value is -5.61. The van der Waals surface area contributed by atoms with Crippen LogP contribution >= 0.6 is 0 Å². The predicted molar refractivity (Wildman–Crippen MR) is 207 cm³/mol. The summed E-state index contributed by atoms with van der Waals surface area (Å²) in [5, 5.41) is 2.10. The molecule has 6 nitrogen and oxygen atoms in total. The van der Waals surface area contributed by atoms with Crippen molar-refractivity contribution in [3.8, 4) is 34.1 Å². The van der Waals surface area contributed by atoms with Crippen LogP contribution in [-0.2, 0) is 25.8 Å². The summed E-state index contributed by atoms with van der Waals surface area (Å²) in [5.74, 6) is 1.77. The predicted octanol–water partition coefficient (Wildman–Crippen LogP) is 10.8. The number of nitrogens with zero attached hydrogens (tertiary/aromatic N) is 5. The van der Waals surface area contributed by atoms with Crippen molar-refractivity contribution in [2.24, 2.45) is 0 Å². The Kier molecular flexibility index (Phi) is 7.62. The van der Waals surface area contributed by atoms with Crippen LogP contribution in [0, 0.1) is 18.8 Å². The summed E-state index contributed by atoms with van der Waals surface area (Å²) in [6.07, 6.45) is 5.20. The summed E-state index contributed by atoms with van der Waals surface area (Å²) in [4.78, 5) is 8.07. The minimum Gasteiger partial charge on any atom is -0.510 e. The van der Waals surface area contributed by atoms with Crippen molar-refractivity contribution in [1.82, 2.24) is 19.0 Å². The van der Waals surface area contributed by atoms with Crippen LogP contribution in [0.25, 0.3) is 55.5 Å². The fourth-order valence-electron chi connectivity index (χ4n) is 7.07. The molecule has 8 aromatic rings. The van der Waals surface area contributed by atoms with E-state index in [0.29, 0.717) is 17.2 Å². The Morgan fingerprint density at radius 2 is 1.46 bits per heavy atom. The molecule has 4 heterocycles. The molecule has 0 N–H and O–H groups in total. The number of hydrogen-bond acceptors (Lipinski definition) is 4. The van der Waals surface area contributed by atoms with Crippen molar-refractivity contribution in [2.75, 3.05) is 11.9 Å². The van der Waals surface area contributed by atoms with Crippen molar-refractivity contribution in [1.29, 1.82) is 0 Å². The molecule has 0 unspecified atom stereocenters. The number of pyridine rings is 1. The molecule has 5 aromatic carbocycles. The molecule has 1 aliphatic rings. The van der Waals surface area contributed by atoms with Gasteiger partial charge in [0.15, 0.2) is 0 Å². The van der Waals surface area contributed by atoms with Gasteiger partial charge in [0.2, 0.25) is 0 Å². The second-order valence-corrected chi connectivity index (χ2v) is 13.7. The number of rotatable bonds is 6. The van der Waals surface area contributed by atoms with Gasteiger partial charge in [-0.1, -0.05) is 98.4 Å². The van der Waals surface area contributed by atoms with Crippen LogP contribution in [0.3, 0.4) is 0 Å². The second kappa shape index (κ2) is 13.2. The largest absolute Gasteiger partial charge is 0.510 e. The van der Waals surface area contributed by atoms with Gasteiger partial charge in [-0.05, 0) is 60.2 Å². The number of benzene rings is 5. The summed E-state index contributed by atoms with van der Waals surface area (Å²) < 4.78 is 34.2. The summed E-state index contributed by atoms with van der Waals surface area (Å²) in [7, 11) is 0. The SMILES string of the molecule is [2H]C([2H])([2H])N1C=CN(c2[c-]c(Oc3[c-]c4c(cc3)c3c(c5ccccc5n3-c3ccccc3)n4-c3cc(C(C)(C)C)c(-c4ccccc4)cn3)ccc2)[CH-]1.[Pd]. The van der Waals surface area contributed by atoms with E-state index in [4.69, 9.17) is 13.8 Å². The van der Waals surface area contributed by atoms with Gasteiger partial charge in [-0.15, -0.1) is 36.0 Å². The Labute approximate surface area is 322 Å². The monoisotopic (exact) mass is 771 g/mol. The topological polar surface area (TPSA) is 38.5 Å². The average Bonchev–Trinajstić information content (AvgIpc) is 3.89. The van der Waals surface area contributed by atoms with Gasteiger partial charge in [-0.2, -0.15) is 18.8 Å². The summed E-state index contributed by atoms with van der Waals surface area (Å²) in [5.41, 5.74) is 8.94. The van der Waals surface area contributed by atoms with E-state index in [9.17, 15) is 0 Å². The number of ether oxygens (including phenoxy) is 1. The molecule has 0 amide bonds.